The molecule has 2 aromatic carbocycles. The number of ether oxygens (including phenoxy) is 2. The number of aryl methyl sites for hydroxylation is 1. The molecule has 1 aliphatic heterocycles. The molecule has 0 spiro atoms. The monoisotopic (exact) mass is 474 g/mol. The number of H-pyrrole nitrogens is 1. The standard InChI is InChI=1S/C22H26N4O4S2/c1-2-17-3-5-18(6-4-17)21-23-22(25-24-21)31-16-15-30-19-7-9-20(10-8-19)32(27,28)26-11-13-29-14-12-26/h3-10H,2,11-16H2,1H3,(H,23,24,25). The Hall–Kier alpha value is -2.40. The molecule has 1 saturated heterocycles. The summed E-state index contributed by atoms with van der Waals surface area (Å²) in [5, 5.41) is 7.89. The second-order valence-corrected chi connectivity index (χ2v) is 10.2. The molecule has 4 rings (SSSR count). The molecule has 1 aliphatic rings. The Balaban J connectivity index is 1.26. The Morgan fingerprint density at radius 3 is 2.50 bits per heavy atom. The summed E-state index contributed by atoms with van der Waals surface area (Å²) in [7, 11) is -3.49. The molecular formula is C22H26N4O4S2. The van der Waals surface area contributed by atoms with Crippen LogP contribution in [0.5, 0.6) is 5.75 Å². The van der Waals surface area contributed by atoms with Crippen LogP contribution in [0.3, 0.4) is 0 Å². The summed E-state index contributed by atoms with van der Waals surface area (Å²) in [4.78, 5) is 4.79. The fraction of sp³-hybridized carbons (Fsp3) is 0.364. The molecule has 8 nitrogen and oxygen atoms in total. The molecule has 3 aromatic rings. The number of hydrogen-bond acceptors (Lipinski definition) is 7. The fourth-order valence-corrected chi connectivity index (χ4v) is 5.30. The van der Waals surface area contributed by atoms with E-state index >= 15 is 0 Å². The molecule has 1 N–H and O–H groups in total. The second kappa shape index (κ2) is 10.5. The largest absolute Gasteiger partial charge is 0.493 e. The van der Waals surface area contributed by atoms with Crippen LogP contribution in [-0.2, 0) is 21.2 Å². The van der Waals surface area contributed by atoms with Crippen LogP contribution in [0, 0.1) is 0 Å². The van der Waals surface area contributed by atoms with E-state index in [-0.39, 0.29) is 4.90 Å². The molecule has 10 heteroatoms. The third-order valence-corrected chi connectivity index (χ3v) is 7.84. The maximum absolute atomic E-state index is 12.7. The minimum atomic E-state index is -3.49. The maximum atomic E-state index is 12.7. The Bertz CT molecular complexity index is 1110. The van der Waals surface area contributed by atoms with Gasteiger partial charge in [-0.25, -0.2) is 13.4 Å². The molecule has 32 heavy (non-hydrogen) atoms. The average Bonchev–Trinajstić information content (AvgIpc) is 3.32. The van der Waals surface area contributed by atoms with Crippen molar-refractivity contribution in [3.8, 4) is 17.1 Å². The van der Waals surface area contributed by atoms with Gasteiger partial charge in [-0.1, -0.05) is 43.0 Å². The highest BCUT2D eigenvalue weighted by atomic mass is 32.2. The third-order valence-electron chi connectivity index (χ3n) is 5.12. The molecular weight excluding hydrogens is 448 g/mol. The number of nitrogens with one attached hydrogen (secondary N) is 1. The summed E-state index contributed by atoms with van der Waals surface area (Å²) in [5.41, 5.74) is 2.29. The highest BCUT2D eigenvalue weighted by molar-refractivity contribution is 7.99. The number of nitrogens with zero attached hydrogens (tertiary/aromatic N) is 3. The van der Waals surface area contributed by atoms with Crippen LogP contribution in [0.4, 0.5) is 0 Å². The molecule has 0 radical (unpaired) electrons. The lowest BCUT2D eigenvalue weighted by atomic mass is 10.1. The highest BCUT2D eigenvalue weighted by Gasteiger charge is 2.26. The number of morpholine rings is 1. The van der Waals surface area contributed by atoms with Crippen molar-refractivity contribution in [2.75, 3.05) is 38.7 Å². The lowest BCUT2D eigenvalue weighted by Gasteiger charge is -2.26. The molecule has 0 amide bonds. The van der Waals surface area contributed by atoms with Crippen LogP contribution in [0.1, 0.15) is 12.5 Å². The number of sulfonamides is 1. The predicted molar refractivity (Wildman–Crippen MR) is 123 cm³/mol. The molecule has 0 unspecified atom stereocenters. The summed E-state index contributed by atoms with van der Waals surface area (Å²) in [6.45, 7) is 4.19. The zero-order valence-electron chi connectivity index (χ0n) is 17.9. The molecule has 2 heterocycles. The van der Waals surface area contributed by atoms with Crippen molar-refractivity contribution in [3.05, 3.63) is 54.1 Å². The van der Waals surface area contributed by atoms with E-state index in [0.717, 1.165) is 17.8 Å². The van der Waals surface area contributed by atoms with Crippen molar-refractivity contribution in [2.45, 2.75) is 23.4 Å². The Kier molecular flexibility index (Phi) is 7.46. The predicted octanol–water partition coefficient (Wildman–Crippen LogP) is 3.23. The van der Waals surface area contributed by atoms with Crippen molar-refractivity contribution >= 4 is 21.8 Å². The highest BCUT2D eigenvalue weighted by Crippen LogP contribution is 2.22. The molecule has 0 bridgehead atoms. The summed E-state index contributed by atoms with van der Waals surface area (Å²) in [6, 6.07) is 14.8. The van der Waals surface area contributed by atoms with Crippen LogP contribution in [-0.4, -0.2) is 66.6 Å². The van der Waals surface area contributed by atoms with E-state index in [2.05, 4.69) is 34.2 Å². The van der Waals surface area contributed by atoms with Crippen LogP contribution >= 0.6 is 11.8 Å². The normalized spacial score (nSPS) is 15.0. The SMILES string of the molecule is CCc1ccc(-c2nc(SCCOc3ccc(S(=O)(=O)N4CCOCC4)cc3)n[nH]2)cc1. The van der Waals surface area contributed by atoms with E-state index < -0.39 is 10.0 Å². The average molecular weight is 475 g/mol. The molecule has 0 aliphatic carbocycles. The Morgan fingerprint density at radius 2 is 1.81 bits per heavy atom. The van der Waals surface area contributed by atoms with Crippen LogP contribution in [0.25, 0.3) is 11.4 Å². The van der Waals surface area contributed by atoms with Gasteiger partial charge in [0.05, 0.1) is 24.7 Å². The van der Waals surface area contributed by atoms with Crippen molar-refractivity contribution in [1.29, 1.82) is 0 Å². The first kappa shape index (κ1) is 22.8. The van der Waals surface area contributed by atoms with Gasteiger partial charge in [0.2, 0.25) is 15.2 Å². The topological polar surface area (TPSA) is 97.4 Å². The first-order valence-corrected chi connectivity index (χ1v) is 12.9. The van der Waals surface area contributed by atoms with E-state index in [1.807, 2.05) is 12.1 Å². The van der Waals surface area contributed by atoms with Gasteiger partial charge in [-0.2, -0.15) is 4.31 Å². The van der Waals surface area contributed by atoms with Gasteiger partial charge in [0, 0.05) is 24.4 Å². The molecule has 0 saturated carbocycles. The van der Waals surface area contributed by atoms with Gasteiger partial charge in [0.1, 0.15) is 5.75 Å². The molecule has 1 fully saturated rings. The van der Waals surface area contributed by atoms with Crippen LogP contribution in [0.15, 0.2) is 58.6 Å². The van der Waals surface area contributed by atoms with Crippen LogP contribution in [0.2, 0.25) is 0 Å². The Morgan fingerprint density at radius 1 is 1.09 bits per heavy atom. The number of hydrogen-bond donors (Lipinski definition) is 1. The van der Waals surface area contributed by atoms with Crippen molar-refractivity contribution < 1.29 is 17.9 Å². The van der Waals surface area contributed by atoms with Gasteiger partial charge in [-0.15, -0.1) is 5.10 Å². The van der Waals surface area contributed by atoms with Gasteiger partial charge < -0.3 is 9.47 Å². The van der Waals surface area contributed by atoms with Gasteiger partial charge in [0.25, 0.3) is 0 Å². The van der Waals surface area contributed by atoms with Crippen molar-refractivity contribution in [1.82, 2.24) is 19.5 Å². The summed E-state index contributed by atoms with van der Waals surface area (Å²) >= 11 is 1.50. The van der Waals surface area contributed by atoms with E-state index in [0.29, 0.717) is 49.6 Å². The molecule has 0 atom stereocenters. The maximum Gasteiger partial charge on any atom is 0.243 e. The van der Waals surface area contributed by atoms with Crippen molar-refractivity contribution in [3.63, 3.8) is 0 Å². The number of rotatable bonds is 9. The third kappa shape index (κ3) is 5.50. The number of benzene rings is 2. The Labute approximate surface area is 192 Å². The quantitative estimate of drug-likeness (QED) is 0.376. The summed E-state index contributed by atoms with van der Waals surface area (Å²) < 4.78 is 37.7. The van der Waals surface area contributed by atoms with Gasteiger partial charge in [0.15, 0.2) is 5.82 Å². The minimum Gasteiger partial charge on any atom is -0.493 e. The van der Waals surface area contributed by atoms with E-state index in [4.69, 9.17) is 9.47 Å². The number of thioether (sulfide) groups is 1. The van der Waals surface area contributed by atoms with Crippen molar-refractivity contribution in [2.24, 2.45) is 0 Å². The fourth-order valence-electron chi connectivity index (χ4n) is 3.27. The molecule has 1 aromatic heterocycles. The second-order valence-electron chi connectivity index (χ2n) is 7.20. The van der Waals surface area contributed by atoms with E-state index in [9.17, 15) is 8.42 Å². The number of aromatic nitrogens is 3. The lowest BCUT2D eigenvalue weighted by molar-refractivity contribution is 0.0730. The van der Waals surface area contributed by atoms with Crippen LogP contribution < -0.4 is 4.74 Å². The lowest BCUT2D eigenvalue weighted by Crippen LogP contribution is -2.40. The van der Waals surface area contributed by atoms with E-state index in [1.54, 1.807) is 24.3 Å². The summed E-state index contributed by atoms with van der Waals surface area (Å²) in [5.74, 6) is 2.03. The molecule has 170 valence electrons. The number of aromatic amines is 1. The first-order chi connectivity index (χ1) is 15.6. The van der Waals surface area contributed by atoms with Gasteiger partial charge in [-0.3, -0.25) is 5.10 Å². The first-order valence-electron chi connectivity index (χ1n) is 10.5. The zero-order valence-corrected chi connectivity index (χ0v) is 19.5. The van der Waals surface area contributed by atoms with Gasteiger partial charge in [-0.05, 0) is 36.2 Å². The zero-order chi connectivity index (χ0) is 22.4. The summed E-state index contributed by atoms with van der Waals surface area (Å²) in [6.07, 6.45) is 1.00. The van der Waals surface area contributed by atoms with Gasteiger partial charge >= 0.3 is 0 Å². The smallest absolute Gasteiger partial charge is 0.243 e. The van der Waals surface area contributed by atoms with E-state index in [1.165, 1.54) is 21.6 Å². The minimum absolute atomic E-state index is 0.265.